The number of rotatable bonds is 2. The van der Waals surface area contributed by atoms with Crippen molar-refractivity contribution >= 4 is 23.2 Å². The number of aliphatic hydroxyl groups is 1. The fourth-order valence-electron chi connectivity index (χ4n) is 0.591. The van der Waals surface area contributed by atoms with Crippen molar-refractivity contribution in [1.82, 2.24) is 0 Å². The van der Waals surface area contributed by atoms with Gasteiger partial charge in [0, 0.05) is 0 Å². The van der Waals surface area contributed by atoms with Crippen LogP contribution in [-0.2, 0) is 0 Å². The van der Waals surface area contributed by atoms with Crippen LogP contribution in [0.3, 0.4) is 0 Å². The first-order valence-corrected chi connectivity index (χ1v) is 3.53. The summed E-state index contributed by atoms with van der Waals surface area (Å²) in [7, 11) is 0. The average molecular weight is 155 g/mol. The van der Waals surface area contributed by atoms with E-state index in [4.69, 9.17) is 28.3 Å². The first kappa shape index (κ1) is 6.66. The van der Waals surface area contributed by atoms with Crippen LogP contribution < -0.4 is 0 Å². The van der Waals surface area contributed by atoms with Crippen LogP contribution in [0.15, 0.2) is 0 Å². The molecule has 1 aliphatic carbocycles. The molecule has 1 rings (SSSR count). The zero-order valence-corrected chi connectivity index (χ0v) is 5.91. The molecule has 48 valence electrons. The predicted molar refractivity (Wildman–Crippen MR) is 34.5 cm³/mol. The van der Waals surface area contributed by atoms with Gasteiger partial charge in [-0.2, -0.15) is 0 Å². The van der Waals surface area contributed by atoms with Crippen molar-refractivity contribution in [3.8, 4) is 0 Å². The molecular weight excluding hydrogens is 147 g/mol. The number of hydrogen-bond donors (Lipinski definition) is 1. The lowest BCUT2D eigenvalue weighted by Crippen LogP contribution is -2.23. The molecule has 1 aliphatic rings. The predicted octanol–water partition coefficient (Wildman–Crippen LogP) is 1.36. The molecule has 0 aromatic rings. The van der Waals surface area contributed by atoms with E-state index in [1.54, 1.807) is 0 Å². The van der Waals surface area contributed by atoms with Gasteiger partial charge in [0.1, 0.15) is 0 Å². The molecular formula is C5H8Cl2O. The van der Waals surface area contributed by atoms with Crippen molar-refractivity contribution in [2.24, 2.45) is 0 Å². The molecule has 0 bridgehead atoms. The lowest BCUT2D eigenvalue weighted by atomic mass is 10.3. The van der Waals surface area contributed by atoms with Gasteiger partial charge >= 0.3 is 0 Å². The highest BCUT2D eigenvalue weighted by molar-refractivity contribution is 6.27. The van der Waals surface area contributed by atoms with Crippen molar-refractivity contribution in [2.75, 3.05) is 5.88 Å². The zero-order chi connectivity index (χ0) is 6.20. The number of halogens is 2. The molecule has 3 heteroatoms. The molecule has 0 radical (unpaired) electrons. The second kappa shape index (κ2) is 2.05. The van der Waals surface area contributed by atoms with Crippen LogP contribution in [0.5, 0.6) is 0 Å². The quantitative estimate of drug-likeness (QED) is 0.597. The summed E-state index contributed by atoms with van der Waals surface area (Å²) < 4.78 is 0. The van der Waals surface area contributed by atoms with E-state index in [-0.39, 0.29) is 10.8 Å². The fraction of sp³-hybridized carbons (Fsp3) is 1.00. The summed E-state index contributed by atoms with van der Waals surface area (Å²) in [6.45, 7) is 0. The SMILES string of the molecule is OC(CCl)C1(Cl)CC1. The van der Waals surface area contributed by atoms with Crippen molar-refractivity contribution in [3.05, 3.63) is 0 Å². The van der Waals surface area contributed by atoms with Crippen LogP contribution in [-0.4, -0.2) is 22.0 Å². The van der Waals surface area contributed by atoms with E-state index >= 15 is 0 Å². The smallest absolute Gasteiger partial charge is 0.0866 e. The molecule has 1 N–H and O–H groups in total. The first-order chi connectivity index (χ1) is 3.69. The van der Waals surface area contributed by atoms with E-state index in [0.717, 1.165) is 12.8 Å². The van der Waals surface area contributed by atoms with E-state index in [2.05, 4.69) is 0 Å². The van der Waals surface area contributed by atoms with Gasteiger partial charge in [-0.3, -0.25) is 0 Å². The van der Waals surface area contributed by atoms with Gasteiger partial charge in [-0.25, -0.2) is 0 Å². The van der Waals surface area contributed by atoms with Crippen LogP contribution in [0.2, 0.25) is 0 Å². The third-order valence-corrected chi connectivity index (χ3v) is 2.39. The molecule has 1 fully saturated rings. The Morgan fingerprint density at radius 1 is 1.62 bits per heavy atom. The third-order valence-electron chi connectivity index (χ3n) is 1.47. The summed E-state index contributed by atoms with van der Waals surface area (Å²) >= 11 is 11.1. The maximum Gasteiger partial charge on any atom is 0.0866 e. The molecule has 1 atom stereocenters. The van der Waals surface area contributed by atoms with Gasteiger partial charge in [0.25, 0.3) is 0 Å². The minimum atomic E-state index is -0.508. The van der Waals surface area contributed by atoms with Gasteiger partial charge in [-0.05, 0) is 12.8 Å². The molecule has 8 heavy (non-hydrogen) atoms. The van der Waals surface area contributed by atoms with Crippen LogP contribution in [0, 0.1) is 0 Å². The fourth-order valence-corrected chi connectivity index (χ4v) is 1.14. The van der Waals surface area contributed by atoms with Gasteiger partial charge in [0.2, 0.25) is 0 Å². The van der Waals surface area contributed by atoms with Crippen LogP contribution in [0.25, 0.3) is 0 Å². The molecule has 1 nitrogen and oxygen atoms in total. The number of hydrogen-bond acceptors (Lipinski definition) is 1. The Kier molecular flexibility index (Phi) is 1.71. The molecule has 0 amide bonds. The van der Waals surface area contributed by atoms with Gasteiger partial charge < -0.3 is 5.11 Å². The van der Waals surface area contributed by atoms with Gasteiger partial charge in [0.15, 0.2) is 0 Å². The Labute approximate surface area is 58.6 Å². The Hall–Kier alpha value is 0.540. The van der Waals surface area contributed by atoms with Crippen molar-refractivity contribution < 1.29 is 5.11 Å². The minimum absolute atomic E-state index is 0.253. The Bertz CT molecular complexity index is 90.4. The van der Waals surface area contributed by atoms with Gasteiger partial charge in [-0.1, -0.05) is 0 Å². The van der Waals surface area contributed by atoms with Crippen LogP contribution in [0.1, 0.15) is 12.8 Å². The number of alkyl halides is 2. The van der Waals surface area contributed by atoms with Crippen LogP contribution in [0.4, 0.5) is 0 Å². The van der Waals surface area contributed by atoms with Crippen molar-refractivity contribution in [2.45, 2.75) is 23.8 Å². The van der Waals surface area contributed by atoms with E-state index in [1.165, 1.54) is 0 Å². The Morgan fingerprint density at radius 2 is 2.12 bits per heavy atom. The van der Waals surface area contributed by atoms with Crippen molar-refractivity contribution in [1.29, 1.82) is 0 Å². The second-order valence-electron chi connectivity index (χ2n) is 2.20. The molecule has 1 saturated carbocycles. The highest BCUT2D eigenvalue weighted by atomic mass is 35.5. The average Bonchev–Trinajstić information content (AvgIpc) is 2.47. The molecule has 0 spiro atoms. The molecule has 0 aromatic carbocycles. The third kappa shape index (κ3) is 1.09. The maximum absolute atomic E-state index is 8.99. The molecule has 1 unspecified atom stereocenters. The summed E-state index contributed by atoms with van der Waals surface area (Å²) in [6.07, 6.45) is 1.30. The lowest BCUT2D eigenvalue weighted by Gasteiger charge is -2.10. The van der Waals surface area contributed by atoms with E-state index < -0.39 is 6.10 Å². The highest BCUT2D eigenvalue weighted by Gasteiger charge is 2.46. The maximum atomic E-state index is 8.99. The highest BCUT2D eigenvalue weighted by Crippen LogP contribution is 2.45. The standard InChI is InChI=1S/C5H8Cl2O/c6-3-4(8)5(7)1-2-5/h4,8H,1-3H2. The van der Waals surface area contributed by atoms with Gasteiger partial charge in [-0.15, -0.1) is 23.2 Å². The monoisotopic (exact) mass is 154 g/mol. The second-order valence-corrected chi connectivity index (χ2v) is 3.27. The summed E-state index contributed by atoms with van der Waals surface area (Å²) in [5.41, 5.74) is 0. The summed E-state index contributed by atoms with van der Waals surface area (Å²) in [4.78, 5) is -0.345. The summed E-state index contributed by atoms with van der Waals surface area (Å²) in [5.74, 6) is 0.253. The van der Waals surface area contributed by atoms with E-state index in [1.807, 2.05) is 0 Å². The Morgan fingerprint density at radius 3 is 2.25 bits per heavy atom. The van der Waals surface area contributed by atoms with E-state index in [0.29, 0.717) is 0 Å². The number of aliphatic hydroxyl groups excluding tert-OH is 1. The molecule has 0 saturated heterocycles. The van der Waals surface area contributed by atoms with Crippen molar-refractivity contribution in [3.63, 3.8) is 0 Å². The minimum Gasteiger partial charge on any atom is -0.390 e. The topological polar surface area (TPSA) is 20.2 Å². The molecule has 0 aliphatic heterocycles. The Balaban J connectivity index is 2.34. The largest absolute Gasteiger partial charge is 0.390 e. The van der Waals surface area contributed by atoms with Crippen LogP contribution >= 0.6 is 23.2 Å². The van der Waals surface area contributed by atoms with Gasteiger partial charge in [0.05, 0.1) is 16.9 Å². The molecule has 0 heterocycles. The first-order valence-electron chi connectivity index (χ1n) is 2.62. The lowest BCUT2D eigenvalue weighted by molar-refractivity contribution is 0.185. The normalized spacial score (nSPS) is 27.4. The summed E-state index contributed by atoms with van der Waals surface area (Å²) in [6, 6.07) is 0. The van der Waals surface area contributed by atoms with E-state index in [9.17, 15) is 0 Å². The molecule has 0 aromatic heterocycles. The summed E-state index contributed by atoms with van der Waals surface area (Å²) in [5, 5.41) is 8.99. The zero-order valence-electron chi connectivity index (χ0n) is 4.40.